The zero-order chi connectivity index (χ0) is 20.4. The minimum absolute atomic E-state index is 0.0807. The van der Waals surface area contributed by atoms with Crippen molar-refractivity contribution in [3.63, 3.8) is 0 Å². The average Bonchev–Trinajstić information content (AvgIpc) is 3.42. The predicted octanol–water partition coefficient (Wildman–Crippen LogP) is 3.86. The first-order chi connectivity index (χ1) is 14.0. The smallest absolute Gasteiger partial charge is 0.217 e. The van der Waals surface area contributed by atoms with E-state index in [-0.39, 0.29) is 17.7 Å². The number of carbonyl (C=O) groups is 1. The van der Waals surface area contributed by atoms with Gasteiger partial charge in [0.15, 0.2) is 11.6 Å². The van der Waals surface area contributed by atoms with Crippen LogP contribution in [0.5, 0.6) is 11.5 Å². The summed E-state index contributed by atoms with van der Waals surface area (Å²) in [6.07, 6.45) is 4.10. The zero-order valence-electron chi connectivity index (χ0n) is 16.5. The van der Waals surface area contributed by atoms with Gasteiger partial charge in [0.25, 0.3) is 0 Å². The van der Waals surface area contributed by atoms with E-state index in [0.29, 0.717) is 35.8 Å². The fraction of sp³-hybridized carbons (Fsp3) is 0.364. The van der Waals surface area contributed by atoms with Crippen LogP contribution in [-0.4, -0.2) is 34.9 Å². The summed E-state index contributed by atoms with van der Waals surface area (Å²) >= 11 is 0. The van der Waals surface area contributed by atoms with Crippen molar-refractivity contribution < 1.29 is 18.7 Å². The Hall–Kier alpha value is -3.09. The van der Waals surface area contributed by atoms with E-state index < -0.39 is 5.82 Å². The molecular formula is C22H24FN3O3. The van der Waals surface area contributed by atoms with Gasteiger partial charge >= 0.3 is 0 Å². The molecule has 0 radical (unpaired) electrons. The molecule has 1 N–H and O–H groups in total. The summed E-state index contributed by atoms with van der Waals surface area (Å²) in [7, 11) is 0. The number of nitrogens with zero attached hydrogens (tertiary/aromatic N) is 2. The SMILES string of the molecule is CC(=O)NC(C)COc1ccc(-n2cc3ccc(OCC4CC4)c(F)c3n2)cc1. The number of halogens is 1. The number of hydrogen-bond donors (Lipinski definition) is 1. The highest BCUT2D eigenvalue weighted by Crippen LogP contribution is 2.32. The Kier molecular flexibility index (Phi) is 5.38. The third-order valence-corrected chi connectivity index (χ3v) is 4.80. The lowest BCUT2D eigenvalue weighted by molar-refractivity contribution is -0.119. The van der Waals surface area contributed by atoms with Crippen LogP contribution in [0.2, 0.25) is 0 Å². The quantitative estimate of drug-likeness (QED) is 0.627. The molecule has 7 heteroatoms. The molecule has 1 atom stereocenters. The highest BCUT2D eigenvalue weighted by Gasteiger charge is 2.23. The second kappa shape index (κ2) is 8.11. The van der Waals surface area contributed by atoms with Gasteiger partial charge in [-0.15, -0.1) is 0 Å². The maximum absolute atomic E-state index is 14.7. The Morgan fingerprint density at radius 2 is 2.00 bits per heavy atom. The van der Waals surface area contributed by atoms with E-state index in [4.69, 9.17) is 9.47 Å². The number of fused-ring (bicyclic) bond motifs is 1. The van der Waals surface area contributed by atoms with Gasteiger partial charge in [0.2, 0.25) is 5.91 Å². The summed E-state index contributed by atoms with van der Waals surface area (Å²) in [5.41, 5.74) is 1.09. The lowest BCUT2D eigenvalue weighted by Crippen LogP contribution is -2.35. The van der Waals surface area contributed by atoms with E-state index in [1.165, 1.54) is 6.92 Å². The van der Waals surface area contributed by atoms with Gasteiger partial charge in [-0.1, -0.05) is 0 Å². The molecular weight excluding hydrogens is 373 g/mol. The summed E-state index contributed by atoms with van der Waals surface area (Å²) < 4.78 is 27.7. The molecule has 3 aromatic rings. The number of carbonyl (C=O) groups excluding carboxylic acids is 1. The van der Waals surface area contributed by atoms with E-state index in [1.54, 1.807) is 16.9 Å². The lowest BCUT2D eigenvalue weighted by Gasteiger charge is -2.14. The average molecular weight is 397 g/mol. The number of aromatic nitrogens is 2. The highest BCUT2D eigenvalue weighted by molar-refractivity contribution is 5.81. The third-order valence-electron chi connectivity index (χ3n) is 4.80. The molecule has 0 bridgehead atoms. The molecule has 1 aliphatic carbocycles. The van der Waals surface area contributed by atoms with Crippen LogP contribution in [0.1, 0.15) is 26.7 Å². The number of rotatable bonds is 8. The van der Waals surface area contributed by atoms with E-state index in [9.17, 15) is 9.18 Å². The number of nitrogens with one attached hydrogen (secondary N) is 1. The first-order valence-electron chi connectivity index (χ1n) is 9.80. The van der Waals surface area contributed by atoms with Gasteiger partial charge in [0, 0.05) is 18.5 Å². The molecule has 1 fully saturated rings. The summed E-state index contributed by atoms with van der Waals surface area (Å²) in [6.45, 7) is 4.29. The van der Waals surface area contributed by atoms with Crippen LogP contribution in [0.3, 0.4) is 0 Å². The Morgan fingerprint density at radius 1 is 1.24 bits per heavy atom. The number of ether oxygens (including phenoxy) is 2. The number of hydrogen-bond acceptors (Lipinski definition) is 4. The van der Waals surface area contributed by atoms with E-state index in [0.717, 1.165) is 18.5 Å². The molecule has 152 valence electrons. The van der Waals surface area contributed by atoms with Crippen molar-refractivity contribution in [2.75, 3.05) is 13.2 Å². The van der Waals surface area contributed by atoms with Crippen molar-refractivity contribution in [1.29, 1.82) is 0 Å². The predicted molar refractivity (Wildman–Crippen MR) is 108 cm³/mol. The van der Waals surface area contributed by atoms with Crippen LogP contribution in [0.15, 0.2) is 42.6 Å². The van der Waals surface area contributed by atoms with Crippen molar-refractivity contribution in [3.8, 4) is 17.2 Å². The van der Waals surface area contributed by atoms with Crippen molar-refractivity contribution in [2.24, 2.45) is 5.92 Å². The Labute approximate surface area is 168 Å². The summed E-state index contributed by atoms with van der Waals surface area (Å²) in [4.78, 5) is 11.0. The first-order valence-corrected chi connectivity index (χ1v) is 9.80. The van der Waals surface area contributed by atoms with Crippen LogP contribution >= 0.6 is 0 Å². The minimum atomic E-state index is -0.422. The van der Waals surface area contributed by atoms with Crippen LogP contribution in [0.25, 0.3) is 16.6 Å². The van der Waals surface area contributed by atoms with Gasteiger partial charge in [-0.2, -0.15) is 5.10 Å². The Morgan fingerprint density at radius 3 is 2.69 bits per heavy atom. The maximum atomic E-state index is 14.7. The molecule has 1 amide bonds. The lowest BCUT2D eigenvalue weighted by atomic mass is 10.2. The van der Waals surface area contributed by atoms with Crippen LogP contribution in [0.4, 0.5) is 4.39 Å². The highest BCUT2D eigenvalue weighted by atomic mass is 19.1. The maximum Gasteiger partial charge on any atom is 0.217 e. The van der Waals surface area contributed by atoms with E-state index >= 15 is 0 Å². The van der Waals surface area contributed by atoms with Gasteiger partial charge in [-0.3, -0.25) is 4.79 Å². The monoisotopic (exact) mass is 397 g/mol. The molecule has 0 aliphatic heterocycles. The molecule has 1 unspecified atom stereocenters. The zero-order valence-corrected chi connectivity index (χ0v) is 16.5. The Bertz CT molecular complexity index is 1010. The molecule has 1 aromatic heterocycles. The fourth-order valence-electron chi connectivity index (χ4n) is 3.08. The number of benzene rings is 2. The molecule has 1 saturated carbocycles. The molecule has 29 heavy (non-hydrogen) atoms. The van der Waals surface area contributed by atoms with E-state index in [1.807, 2.05) is 37.3 Å². The molecule has 0 saturated heterocycles. The van der Waals surface area contributed by atoms with Gasteiger partial charge in [-0.05, 0) is 62.1 Å². The largest absolute Gasteiger partial charge is 0.491 e. The van der Waals surface area contributed by atoms with Crippen molar-refractivity contribution >= 4 is 16.8 Å². The molecule has 1 heterocycles. The minimum Gasteiger partial charge on any atom is -0.491 e. The van der Waals surface area contributed by atoms with Crippen LogP contribution < -0.4 is 14.8 Å². The molecule has 1 aliphatic rings. The van der Waals surface area contributed by atoms with Crippen molar-refractivity contribution in [1.82, 2.24) is 15.1 Å². The fourth-order valence-corrected chi connectivity index (χ4v) is 3.08. The molecule has 4 rings (SSSR count). The van der Waals surface area contributed by atoms with Crippen molar-refractivity contribution in [2.45, 2.75) is 32.7 Å². The molecule has 0 spiro atoms. The van der Waals surface area contributed by atoms with Gasteiger partial charge in [0.1, 0.15) is 17.9 Å². The van der Waals surface area contributed by atoms with Crippen LogP contribution in [0, 0.1) is 11.7 Å². The summed E-state index contributed by atoms with van der Waals surface area (Å²) in [6, 6.07) is 10.8. The topological polar surface area (TPSA) is 65.4 Å². The summed E-state index contributed by atoms with van der Waals surface area (Å²) in [5, 5.41) is 7.88. The van der Waals surface area contributed by atoms with Crippen molar-refractivity contribution in [3.05, 3.63) is 48.4 Å². The van der Waals surface area contributed by atoms with Gasteiger partial charge < -0.3 is 14.8 Å². The first kappa shape index (κ1) is 19.2. The third kappa shape index (κ3) is 4.67. The van der Waals surface area contributed by atoms with Gasteiger partial charge in [-0.25, -0.2) is 9.07 Å². The molecule has 2 aromatic carbocycles. The molecule has 6 nitrogen and oxygen atoms in total. The Balaban J connectivity index is 1.46. The second-order valence-corrected chi connectivity index (χ2v) is 7.55. The normalized spacial score (nSPS) is 14.6. The van der Waals surface area contributed by atoms with Gasteiger partial charge in [0.05, 0.1) is 18.3 Å². The number of amides is 1. The van der Waals surface area contributed by atoms with Crippen LogP contribution in [-0.2, 0) is 4.79 Å². The standard InChI is InChI=1S/C22H24FN3O3/c1-14(24-15(2)27)12-28-19-8-6-18(7-9-19)26-11-17-5-10-20(21(23)22(17)25-26)29-13-16-3-4-16/h5-11,14,16H,3-4,12-13H2,1-2H3,(H,24,27). The second-order valence-electron chi connectivity index (χ2n) is 7.55. The van der Waals surface area contributed by atoms with E-state index in [2.05, 4.69) is 10.4 Å². The summed E-state index contributed by atoms with van der Waals surface area (Å²) in [5.74, 6) is 0.991.